The summed E-state index contributed by atoms with van der Waals surface area (Å²) >= 11 is 6.23. The van der Waals surface area contributed by atoms with E-state index >= 15 is 0 Å². The highest BCUT2D eigenvalue weighted by atomic mass is 35.5. The van der Waals surface area contributed by atoms with Gasteiger partial charge in [0, 0.05) is 17.1 Å². The standard InChI is InChI=1S/C20H19ClN4O2/c1-27-15-8-6-13(7-9-15)17-10-18-20(26)23-12-19(25(18)24-17)22-11-14-4-2-3-5-16(14)21/h2-10,19,22H,11-12H2,1H3,(H,23,26)/t19-/m0/s1. The minimum Gasteiger partial charge on any atom is -0.497 e. The summed E-state index contributed by atoms with van der Waals surface area (Å²) in [7, 11) is 1.63. The van der Waals surface area contributed by atoms with E-state index in [1.807, 2.05) is 48.5 Å². The number of carbonyl (C=O) groups is 1. The number of rotatable bonds is 5. The summed E-state index contributed by atoms with van der Waals surface area (Å²) in [4.78, 5) is 12.3. The predicted octanol–water partition coefficient (Wildman–Crippen LogP) is 3.24. The Bertz CT molecular complexity index is 968. The first-order chi connectivity index (χ1) is 13.2. The number of methoxy groups -OCH3 is 1. The number of halogens is 1. The highest BCUT2D eigenvalue weighted by Gasteiger charge is 2.27. The van der Waals surface area contributed by atoms with Gasteiger partial charge in [-0.05, 0) is 42.0 Å². The predicted molar refractivity (Wildman–Crippen MR) is 104 cm³/mol. The molecule has 0 aliphatic carbocycles. The van der Waals surface area contributed by atoms with E-state index in [9.17, 15) is 4.79 Å². The first kappa shape index (κ1) is 17.6. The molecule has 0 spiro atoms. The number of hydrogen-bond donors (Lipinski definition) is 2. The summed E-state index contributed by atoms with van der Waals surface area (Å²) in [5.41, 5.74) is 3.20. The molecule has 7 heteroatoms. The quantitative estimate of drug-likeness (QED) is 0.710. The van der Waals surface area contributed by atoms with Crippen LogP contribution in [0.15, 0.2) is 54.6 Å². The molecule has 3 aromatic rings. The van der Waals surface area contributed by atoms with Gasteiger partial charge in [0.15, 0.2) is 0 Å². The van der Waals surface area contributed by atoms with Crippen LogP contribution in [0.1, 0.15) is 22.2 Å². The highest BCUT2D eigenvalue weighted by molar-refractivity contribution is 6.31. The van der Waals surface area contributed by atoms with Gasteiger partial charge < -0.3 is 10.1 Å². The molecule has 1 aromatic heterocycles. The number of aromatic nitrogens is 2. The van der Waals surface area contributed by atoms with Gasteiger partial charge in [-0.2, -0.15) is 5.10 Å². The molecular weight excluding hydrogens is 364 g/mol. The van der Waals surface area contributed by atoms with Crippen molar-refractivity contribution in [3.05, 3.63) is 70.9 Å². The van der Waals surface area contributed by atoms with Crippen molar-refractivity contribution in [3.8, 4) is 17.0 Å². The van der Waals surface area contributed by atoms with Gasteiger partial charge in [0.1, 0.15) is 17.6 Å². The van der Waals surface area contributed by atoms with Gasteiger partial charge in [-0.25, -0.2) is 4.68 Å². The van der Waals surface area contributed by atoms with E-state index in [2.05, 4.69) is 15.7 Å². The normalized spacial score (nSPS) is 15.9. The number of nitrogens with zero attached hydrogens (tertiary/aromatic N) is 2. The zero-order chi connectivity index (χ0) is 18.8. The molecule has 2 N–H and O–H groups in total. The maximum atomic E-state index is 12.3. The Morgan fingerprint density at radius 1 is 1.26 bits per heavy atom. The Kier molecular flexibility index (Phi) is 4.83. The van der Waals surface area contributed by atoms with Gasteiger partial charge in [0.05, 0.1) is 19.3 Å². The van der Waals surface area contributed by atoms with Crippen LogP contribution in [-0.4, -0.2) is 29.3 Å². The Morgan fingerprint density at radius 3 is 2.78 bits per heavy atom. The van der Waals surface area contributed by atoms with Gasteiger partial charge in [0.25, 0.3) is 5.91 Å². The van der Waals surface area contributed by atoms with E-state index in [-0.39, 0.29) is 12.1 Å². The van der Waals surface area contributed by atoms with Crippen molar-refractivity contribution < 1.29 is 9.53 Å². The average molecular weight is 383 g/mol. The lowest BCUT2D eigenvalue weighted by molar-refractivity contribution is 0.0900. The lowest BCUT2D eigenvalue weighted by Crippen LogP contribution is -2.45. The van der Waals surface area contributed by atoms with E-state index in [0.29, 0.717) is 23.8 Å². The molecule has 0 saturated carbocycles. The van der Waals surface area contributed by atoms with Gasteiger partial charge in [-0.15, -0.1) is 0 Å². The van der Waals surface area contributed by atoms with E-state index in [4.69, 9.17) is 16.3 Å². The third-order valence-corrected chi connectivity index (χ3v) is 4.96. The van der Waals surface area contributed by atoms with Gasteiger partial charge in [0.2, 0.25) is 0 Å². The lowest BCUT2D eigenvalue weighted by Gasteiger charge is -2.26. The smallest absolute Gasteiger partial charge is 0.269 e. The number of amides is 1. The van der Waals surface area contributed by atoms with Gasteiger partial charge >= 0.3 is 0 Å². The first-order valence-corrected chi connectivity index (χ1v) is 9.02. The summed E-state index contributed by atoms with van der Waals surface area (Å²) < 4.78 is 6.94. The molecule has 4 rings (SSSR count). The maximum Gasteiger partial charge on any atom is 0.269 e. The zero-order valence-corrected chi connectivity index (χ0v) is 15.5. The molecule has 1 amide bonds. The van der Waals surface area contributed by atoms with E-state index in [1.54, 1.807) is 17.9 Å². The number of fused-ring (bicyclic) bond motifs is 1. The van der Waals surface area contributed by atoms with E-state index in [0.717, 1.165) is 22.6 Å². The van der Waals surface area contributed by atoms with E-state index in [1.165, 1.54) is 0 Å². The largest absolute Gasteiger partial charge is 0.497 e. The Hall–Kier alpha value is -2.83. The molecule has 1 aliphatic heterocycles. The molecule has 2 aromatic carbocycles. The van der Waals surface area contributed by atoms with Crippen LogP contribution >= 0.6 is 11.6 Å². The molecule has 1 atom stereocenters. The fourth-order valence-electron chi connectivity index (χ4n) is 3.10. The average Bonchev–Trinajstić information content (AvgIpc) is 3.15. The van der Waals surface area contributed by atoms with Crippen molar-refractivity contribution in [1.82, 2.24) is 20.4 Å². The number of hydrogen-bond acceptors (Lipinski definition) is 4. The number of benzene rings is 2. The van der Waals surface area contributed by atoms with Crippen molar-refractivity contribution >= 4 is 17.5 Å². The second-order valence-electron chi connectivity index (χ2n) is 6.29. The van der Waals surface area contributed by atoms with Crippen LogP contribution in [0.5, 0.6) is 5.75 Å². The second kappa shape index (κ2) is 7.42. The number of ether oxygens (including phenoxy) is 1. The van der Waals surface area contributed by atoms with Gasteiger partial charge in [-0.1, -0.05) is 29.8 Å². The summed E-state index contributed by atoms with van der Waals surface area (Å²) in [6.45, 7) is 1.04. The number of nitrogens with one attached hydrogen (secondary N) is 2. The fraction of sp³-hybridized carbons (Fsp3) is 0.200. The molecule has 6 nitrogen and oxygen atoms in total. The molecule has 0 radical (unpaired) electrons. The summed E-state index contributed by atoms with van der Waals surface area (Å²) in [5.74, 6) is 0.651. The molecule has 0 saturated heterocycles. The van der Waals surface area contributed by atoms with Crippen molar-refractivity contribution in [2.45, 2.75) is 12.7 Å². The van der Waals surface area contributed by atoms with Crippen LogP contribution in [0.4, 0.5) is 0 Å². The fourth-order valence-corrected chi connectivity index (χ4v) is 3.30. The van der Waals surface area contributed by atoms with Crippen LogP contribution in [-0.2, 0) is 6.54 Å². The van der Waals surface area contributed by atoms with E-state index < -0.39 is 0 Å². The lowest BCUT2D eigenvalue weighted by atomic mass is 10.1. The summed E-state index contributed by atoms with van der Waals surface area (Å²) in [5, 5.41) is 11.7. The van der Waals surface area contributed by atoms with Crippen LogP contribution in [0.3, 0.4) is 0 Å². The zero-order valence-electron chi connectivity index (χ0n) is 14.8. The third-order valence-electron chi connectivity index (χ3n) is 4.59. The van der Waals surface area contributed by atoms with Crippen LogP contribution in [0.25, 0.3) is 11.3 Å². The second-order valence-corrected chi connectivity index (χ2v) is 6.69. The topological polar surface area (TPSA) is 68.2 Å². The van der Waals surface area contributed by atoms with Crippen LogP contribution < -0.4 is 15.4 Å². The summed E-state index contributed by atoms with van der Waals surface area (Å²) in [6, 6.07) is 17.1. The Morgan fingerprint density at radius 2 is 2.04 bits per heavy atom. The summed E-state index contributed by atoms with van der Waals surface area (Å²) in [6.07, 6.45) is -0.152. The molecule has 2 heterocycles. The molecule has 138 valence electrons. The van der Waals surface area contributed by atoms with Crippen molar-refractivity contribution in [2.24, 2.45) is 0 Å². The molecule has 0 unspecified atom stereocenters. The minimum atomic E-state index is -0.152. The van der Waals surface area contributed by atoms with Crippen LogP contribution in [0.2, 0.25) is 5.02 Å². The molecular formula is C20H19ClN4O2. The maximum absolute atomic E-state index is 12.3. The SMILES string of the molecule is COc1ccc(-c2cc3n(n2)[C@H](NCc2ccccc2Cl)CNC3=O)cc1. The highest BCUT2D eigenvalue weighted by Crippen LogP contribution is 2.25. The monoisotopic (exact) mass is 382 g/mol. The van der Waals surface area contributed by atoms with Gasteiger partial charge in [-0.3, -0.25) is 10.1 Å². The number of carbonyl (C=O) groups excluding carboxylic acids is 1. The Balaban J connectivity index is 1.59. The molecule has 27 heavy (non-hydrogen) atoms. The first-order valence-electron chi connectivity index (χ1n) is 8.64. The third kappa shape index (κ3) is 3.54. The molecule has 0 fully saturated rings. The van der Waals surface area contributed by atoms with Crippen LogP contribution in [0, 0.1) is 0 Å². The van der Waals surface area contributed by atoms with Crippen molar-refractivity contribution in [1.29, 1.82) is 0 Å². The van der Waals surface area contributed by atoms with Crippen molar-refractivity contribution in [2.75, 3.05) is 13.7 Å². The molecule has 0 bridgehead atoms. The Labute approximate surface area is 162 Å². The minimum absolute atomic E-state index is 0.127. The van der Waals surface area contributed by atoms with Crippen molar-refractivity contribution in [3.63, 3.8) is 0 Å². The molecule has 1 aliphatic rings.